The van der Waals surface area contributed by atoms with Gasteiger partial charge in [-0.05, 0) is 45.6 Å². The molecule has 0 bridgehead atoms. The maximum Gasteiger partial charge on any atom is 0.338 e. The van der Waals surface area contributed by atoms with Crippen molar-refractivity contribution < 1.29 is 19.1 Å². The van der Waals surface area contributed by atoms with Crippen molar-refractivity contribution in [1.82, 2.24) is 0 Å². The predicted molar refractivity (Wildman–Crippen MR) is 73.3 cm³/mol. The van der Waals surface area contributed by atoms with E-state index in [1.54, 1.807) is 11.4 Å². The molecule has 1 aromatic heterocycles. The molecule has 0 saturated heterocycles. The minimum atomic E-state index is -1.35. The molecule has 98 valence electrons. The first-order chi connectivity index (χ1) is 8.99. The van der Waals surface area contributed by atoms with Crippen LogP contribution < -0.4 is 5.32 Å². The molecular weight excluding hydrogens is 337 g/mol. The van der Waals surface area contributed by atoms with Crippen molar-refractivity contribution in [3.63, 3.8) is 0 Å². The van der Waals surface area contributed by atoms with Crippen molar-refractivity contribution >= 4 is 44.8 Å². The second kappa shape index (κ2) is 5.50. The van der Waals surface area contributed by atoms with Gasteiger partial charge in [0.1, 0.15) is 10.7 Å². The van der Waals surface area contributed by atoms with E-state index in [1.807, 2.05) is 0 Å². The van der Waals surface area contributed by atoms with E-state index >= 15 is 0 Å². The number of rotatable bonds is 3. The Morgan fingerprint density at radius 3 is 2.58 bits per heavy atom. The van der Waals surface area contributed by atoms with E-state index in [9.17, 15) is 14.0 Å². The summed E-state index contributed by atoms with van der Waals surface area (Å²) in [5.74, 6) is -2.63. The third-order valence-corrected chi connectivity index (χ3v) is 4.12. The standard InChI is InChI=1S/C12H7BrFNO3S/c13-8-3-4-19-10(8)11(16)15-6-1-2-7(12(17)18)9(14)5-6/h1-5H,(H,15,16)(H,17,18). The number of benzene rings is 1. The van der Waals surface area contributed by atoms with Gasteiger partial charge >= 0.3 is 5.97 Å². The number of carboxylic acid groups (broad SMARTS) is 1. The maximum atomic E-state index is 13.4. The average molecular weight is 344 g/mol. The molecule has 0 aliphatic carbocycles. The smallest absolute Gasteiger partial charge is 0.338 e. The molecule has 2 aromatic rings. The van der Waals surface area contributed by atoms with Crippen molar-refractivity contribution in [3.05, 3.63) is 50.4 Å². The summed E-state index contributed by atoms with van der Waals surface area (Å²) in [7, 11) is 0. The van der Waals surface area contributed by atoms with Crippen molar-refractivity contribution in [3.8, 4) is 0 Å². The topological polar surface area (TPSA) is 66.4 Å². The number of nitrogens with one attached hydrogen (secondary N) is 1. The molecule has 0 atom stereocenters. The molecule has 0 spiro atoms. The fraction of sp³-hybridized carbons (Fsp3) is 0. The Kier molecular flexibility index (Phi) is 3.96. The normalized spacial score (nSPS) is 10.2. The van der Waals surface area contributed by atoms with Gasteiger partial charge in [-0.2, -0.15) is 0 Å². The summed E-state index contributed by atoms with van der Waals surface area (Å²) in [5.41, 5.74) is -0.233. The number of hydrogen-bond donors (Lipinski definition) is 2. The van der Waals surface area contributed by atoms with Crippen LogP contribution in [-0.4, -0.2) is 17.0 Å². The Morgan fingerprint density at radius 2 is 2.05 bits per heavy atom. The van der Waals surface area contributed by atoms with Gasteiger partial charge in [-0.15, -0.1) is 11.3 Å². The summed E-state index contributed by atoms with van der Waals surface area (Å²) >= 11 is 4.47. The largest absolute Gasteiger partial charge is 0.478 e. The lowest BCUT2D eigenvalue weighted by molar-refractivity contribution is 0.0692. The Hall–Kier alpha value is -1.73. The highest BCUT2D eigenvalue weighted by Gasteiger charge is 2.14. The molecule has 4 nitrogen and oxygen atoms in total. The zero-order chi connectivity index (χ0) is 14.0. The molecule has 2 N–H and O–H groups in total. The van der Waals surface area contributed by atoms with E-state index < -0.39 is 17.3 Å². The van der Waals surface area contributed by atoms with E-state index in [2.05, 4.69) is 21.2 Å². The van der Waals surface area contributed by atoms with Gasteiger partial charge in [0.15, 0.2) is 0 Å². The molecule has 0 saturated carbocycles. The van der Waals surface area contributed by atoms with Crippen LogP contribution in [0.4, 0.5) is 10.1 Å². The Morgan fingerprint density at radius 1 is 1.32 bits per heavy atom. The molecule has 0 radical (unpaired) electrons. The number of thiophene rings is 1. The average Bonchev–Trinajstić information content (AvgIpc) is 2.75. The number of aromatic carboxylic acids is 1. The molecule has 2 rings (SSSR count). The van der Waals surface area contributed by atoms with E-state index in [4.69, 9.17) is 5.11 Å². The number of hydrogen-bond acceptors (Lipinski definition) is 3. The first-order valence-corrected chi connectivity index (χ1v) is 6.73. The zero-order valence-electron chi connectivity index (χ0n) is 9.31. The number of halogens is 2. The summed E-state index contributed by atoms with van der Waals surface area (Å²) in [4.78, 5) is 23.0. The predicted octanol–water partition coefficient (Wildman–Crippen LogP) is 3.60. The summed E-state index contributed by atoms with van der Waals surface area (Å²) in [6, 6.07) is 5.15. The van der Waals surface area contributed by atoms with Crippen LogP contribution in [0.2, 0.25) is 0 Å². The maximum absolute atomic E-state index is 13.4. The van der Waals surface area contributed by atoms with Gasteiger partial charge in [-0.25, -0.2) is 9.18 Å². The van der Waals surface area contributed by atoms with E-state index in [0.29, 0.717) is 9.35 Å². The third kappa shape index (κ3) is 2.99. The van der Waals surface area contributed by atoms with Crippen molar-refractivity contribution in [1.29, 1.82) is 0 Å². The minimum absolute atomic E-state index is 0.202. The summed E-state index contributed by atoms with van der Waals surface area (Å²) in [6.07, 6.45) is 0. The SMILES string of the molecule is O=C(O)c1ccc(NC(=O)c2sccc2Br)cc1F. The molecule has 7 heteroatoms. The van der Waals surface area contributed by atoms with Crippen LogP contribution in [0.15, 0.2) is 34.1 Å². The molecule has 0 aliphatic heterocycles. The van der Waals surface area contributed by atoms with Gasteiger partial charge < -0.3 is 10.4 Å². The number of carbonyl (C=O) groups is 2. The molecule has 1 aromatic carbocycles. The molecule has 19 heavy (non-hydrogen) atoms. The van der Waals surface area contributed by atoms with Crippen LogP contribution >= 0.6 is 27.3 Å². The van der Waals surface area contributed by atoms with E-state index in [0.717, 1.165) is 12.1 Å². The fourth-order valence-corrected chi connectivity index (χ4v) is 2.86. The zero-order valence-corrected chi connectivity index (χ0v) is 11.7. The Balaban J connectivity index is 2.21. The third-order valence-electron chi connectivity index (χ3n) is 2.28. The number of carbonyl (C=O) groups excluding carboxylic acids is 1. The van der Waals surface area contributed by atoms with Crippen molar-refractivity contribution in [2.45, 2.75) is 0 Å². The van der Waals surface area contributed by atoms with Crippen LogP contribution in [0.3, 0.4) is 0 Å². The second-order valence-corrected chi connectivity index (χ2v) is 5.32. The van der Waals surface area contributed by atoms with Crippen LogP contribution in [-0.2, 0) is 0 Å². The molecular formula is C12H7BrFNO3S. The highest BCUT2D eigenvalue weighted by Crippen LogP contribution is 2.24. The van der Waals surface area contributed by atoms with Gasteiger partial charge in [-0.3, -0.25) is 4.79 Å². The lowest BCUT2D eigenvalue weighted by atomic mass is 10.2. The highest BCUT2D eigenvalue weighted by atomic mass is 79.9. The quantitative estimate of drug-likeness (QED) is 0.894. The molecule has 1 heterocycles. The van der Waals surface area contributed by atoms with Crippen LogP contribution in [0.25, 0.3) is 0 Å². The first kappa shape index (κ1) is 13.7. The number of anilines is 1. The number of amides is 1. The lowest BCUT2D eigenvalue weighted by Crippen LogP contribution is -2.11. The fourth-order valence-electron chi connectivity index (χ4n) is 1.41. The van der Waals surface area contributed by atoms with Crippen molar-refractivity contribution in [2.75, 3.05) is 5.32 Å². The Labute approximate surface area is 120 Å². The lowest BCUT2D eigenvalue weighted by Gasteiger charge is -2.05. The molecule has 1 amide bonds. The van der Waals surface area contributed by atoms with Gasteiger partial charge in [0.05, 0.1) is 5.56 Å². The van der Waals surface area contributed by atoms with Gasteiger partial charge in [0.25, 0.3) is 5.91 Å². The van der Waals surface area contributed by atoms with Gasteiger partial charge in [0, 0.05) is 10.2 Å². The van der Waals surface area contributed by atoms with Crippen LogP contribution in [0, 0.1) is 5.82 Å². The summed E-state index contributed by atoms with van der Waals surface area (Å²) < 4.78 is 14.1. The molecule has 0 fully saturated rings. The first-order valence-electron chi connectivity index (χ1n) is 5.06. The van der Waals surface area contributed by atoms with Gasteiger partial charge in [0.2, 0.25) is 0 Å². The monoisotopic (exact) mass is 343 g/mol. The van der Waals surface area contributed by atoms with Crippen LogP contribution in [0.5, 0.6) is 0 Å². The second-order valence-electron chi connectivity index (χ2n) is 3.55. The summed E-state index contributed by atoms with van der Waals surface area (Å²) in [6.45, 7) is 0. The highest BCUT2D eigenvalue weighted by molar-refractivity contribution is 9.10. The summed E-state index contributed by atoms with van der Waals surface area (Å²) in [5, 5.41) is 12.9. The molecule has 0 unspecified atom stereocenters. The van der Waals surface area contributed by atoms with E-state index in [1.165, 1.54) is 17.4 Å². The van der Waals surface area contributed by atoms with Crippen LogP contribution in [0.1, 0.15) is 20.0 Å². The Bertz CT molecular complexity index is 656. The molecule has 0 aliphatic rings. The minimum Gasteiger partial charge on any atom is -0.478 e. The van der Waals surface area contributed by atoms with Gasteiger partial charge in [-0.1, -0.05) is 0 Å². The number of carboxylic acids is 1. The van der Waals surface area contributed by atoms with E-state index in [-0.39, 0.29) is 11.6 Å². The van der Waals surface area contributed by atoms with Crippen molar-refractivity contribution in [2.24, 2.45) is 0 Å².